The highest BCUT2D eigenvalue weighted by Crippen LogP contribution is 2.24. The van der Waals surface area contributed by atoms with Crippen molar-refractivity contribution in [1.29, 1.82) is 0 Å². The molecule has 0 bridgehead atoms. The molecule has 96 valence electrons. The molecule has 2 unspecified atom stereocenters. The van der Waals surface area contributed by atoms with Gasteiger partial charge in [-0.15, -0.1) is 0 Å². The molecule has 1 fully saturated rings. The summed E-state index contributed by atoms with van der Waals surface area (Å²) < 4.78 is 1.97. The average Bonchev–Trinajstić information content (AvgIpc) is 2.89. The summed E-state index contributed by atoms with van der Waals surface area (Å²) in [6, 6.07) is 0.417. The van der Waals surface area contributed by atoms with E-state index in [1.165, 1.54) is 12.0 Å². The first-order valence-corrected chi connectivity index (χ1v) is 6.58. The van der Waals surface area contributed by atoms with Gasteiger partial charge in [0.1, 0.15) is 0 Å². The van der Waals surface area contributed by atoms with Crippen molar-refractivity contribution < 1.29 is 5.11 Å². The Labute approximate surface area is 103 Å². The Hall–Kier alpha value is -0.870. The first kappa shape index (κ1) is 12.6. The minimum Gasteiger partial charge on any atom is -0.393 e. The number of aliphatic hydroxyl groups excluding tert-OH is 1. The SMILES string of the molecule is CC(C)n1cc(CNCC2CCCC2O)cn1. The lowest BCUT2D eigenvalue weighted by atomic mass is 10.1. The lowest BCUT2D eigenvalue weighted by Gasteiger charge is -2.14. The molecule has 1 aliphatic rings. The second kappa shape index (κ2) is 5.65. The lowest BCUT2D eigenvalue weighted by Crippen LogP contribution is -2.27. The molecule has 0 radical (unpaired) electrons. The third-order valence-electron chi connectivity index (χ3n) is 3.54. The third-order valence-corrected chi connectivity index (χ3v) is 3.54. The molecule has 0 spiro atoms. The molecule has 1 aromatic heterocycles. The lowest BCUT2D eigenvalue weighted by molar-refractivity contribution is 0.131. The van der Waals surface area contributed by atoms with Crippen molar-refractivity contribution in [3.8, 4) is 0 Å². The van der Waals surface area contributed by atoms with Gasteiger partial charge in [0.05, 0.1) is 12.3 Å². The van der Waals surface area contributed by atoms with Crippen molar-refractivity contribution >= 4 is 0 Å². The van der Waals surface area contributed by atoms with E-state index in [9.17, 15) is 5.11 Å². The van der Waals surface area contributed by atoms with Gasteiger partial charge in [-0.3, -0.25) is 4.68 Å². The van der Waals surface area contributed by atoms with Crippen molar-refractivity contribution in [1.82, 2.24) is 15.1 Å². The number of aliphatic hydroxyl groups is 1. The number of hydrogen-bond donors (Lipinski definition) is 2. The molecule has 1 saturated carbocycles. The van der Waals surface area contributed by atoms with Crippen LogP contribution in [0.1, 0.15) is 44.7 Å². The molecule has 1 aliphatic carbocycles. The van der Waals surface area contributed by atoms with Crippen LogP contribution in [0.5, 0.6) is 0 Å². The molecule has 2 atom stereocenters. The van der Waals surface area contributed by atoms with E-state index in [1.807, 2.05) is 10.9 Å². The zero-order valence-electron chi connectivity index (χ0n) is 10.8. The van der Waals surface area contributed by atoms with Crippen molar-refractivity contribution in [3.63, 3.8) is 0 Å². The van der Waals surface area contributed by atoms with Crippen LogP contribution < -0.4 is 5.32 Å². The number of nitrogens with zero attached hydrogens (tertiary/aromatic N) is 2. The molecule has 2 N–H and O–H groups in total. The van der Waals surface area contributed by atoms with Gasteiger partial charge in [0, 0.05) is 30.9 Å². The number of hydrogen-bond acceptors (Lipinski definition) is 3. The fraction of sp³-hybridized carbons (Fsp3) is 0.769. The van der Waals surface area contributed by atoms with Gasteiger partial charge in [0.2, 0.25) is 0 Å². The van der Waals surface area contributed by atoms with E-state index in [-0.39, 0.29) is 6.10 Å². The largest absolute Gasteiger partial charge is 0.393 e. The molecular formula is C13H23N3O. The van der Waals surface area contributed by atoms with E-state index in [0.29, 0.717) is 12.0 Å². The van der Waals surface area contributed by atoms with Gasteiger partial charge in [-0.05, 0) is 32.6 Å². The second-order valence-corrected chi connectivity index (χ2v) is 5.31. The van der Waals surface area contributed by atoms with Gasteiger partial charge < -0.3 is 10.4 Å². The van der Waals surface area contributed by atoms with Crippen LogP contribution >= 0.6 is 0 Å². The summed E-state index contributed by atoms with van der Waals surface area (Å²) >= 11 is 0. The molecule has 4 nitrogen and oxygen atoms in total. The zero-order chi connectivity index (χ0) is 12.3. The van der Waals surface area contributed by atoms with E-state index in [1.54, 1.807) is 0 Å². The molecule has 0 aromatic carbocycles. The molecule has 0 aliphatic heterocycles. The van der Waals surface area contributed by atoms with Gasteiger partial charge >= 0.3 is 0 Å². The minimum atomic E-state index is -0.0964. The van der Waals surface area contributed by atoms with Crippen LogP contribution in [0.2, 0.25) is 0 Å². The van der Waals surface area contributed by atoms with Gasteiger partial charge in [-0.1, -0.05) is 6.42 Å². The smallest absolute Gasteiger partial charge is 0.0580 e. The summed E-state index contributed by atoms with van der Waals surface area (Å²) in [6.07, 6.45) is 7.19. The van der Waals surface area contributed by atoms with Crippen LogP contribution in [0.15, 0.2) is 12.4 Å². The van der Waals surface area contributed by atoms with Crippen LogP contribution in [0, 0.1) is 5.92 Å². The summed E-state index contributed by atoms with van der Waals surface area (Å²) in [5.74, 6) is 0.440. The summed E-state index contributed by atoms with van der Waals surface area (Å²) in [5.41, 5.74) is 1.21. The Kier molecular flexibility index (Phi) is 4.18. The van der Waals surface area contributed by atoms with E-state index in [0.717, 1.165) is 25.9 Å². The third kappa shape index (κ3) is 3.30. The number of aromatic nitrogens is 2. The molecule has 1 heterocycles. The maximum Gasteiger partial charge on any atom is 0.0580 e. The van der Waals surface area contributed by atoms with Gasteiger partial charge in [-0.2, -0.15) is 5.10 Å². The Morgan fingerprint density at radius 2 is 2.35 bits per heavy atom. The Morgan fingerprint density at radius 3 is 2.94 bits per heavy atom. The van der Waals surface area contributed by atoms with E-state index < -0.39 is 0 Å². The Balaban J connectivity index is 1.74. The van der Waals surface area contributed by atoms with Crippen LogP contribution in [0.4, 0.5) is 0 Å². The highest BCUT2D eigenvalue weighted by molar-refractivity contribution is 5.03. The number of nitrogens with one attached hydrogen (secondary N) is 1. The predicted molar refractivity (Wildman–Crippen MR) is 67.7 cm³/mol. The standard InChI is InChI=1S/C13H23N3O/c1-10(2)16-9-11(7-15-16)6-14-8-12-4-3-5-13(12)17/h7,9-10,12-14,17H,3-6,8H2,1-2H3. The first-order chi connectivity index (χ1) is 8.16. The Bertz CT molecular complexity index is 348. The highest BCUT2D eigenvalue weighted by atomic mass is 16.3. The molecule has 2 rings (SSSR count). The van der Waals surface area contributed by atoms with Gasteiger partial charge in [0.25, 0.3) is 0 Å². The zero-order valence-corrected chi connectivity index (χ0v) is 10.8. The minimum absolute atomic E-state index is 0.0964. The maximum atomic E-state index is 9.71. The molecule has 1 aromatic rings. The molecule has 4 heteroatoms. The molecule has 0 saturated heterocycles. The average molecular weight is 237 g/mol. The van der Waals surface area contributed by atoms with Crippen molar-refractivity contribution in [2.45, 2.75) is 51.8 Å². The quantitative estimate of drug-likeness (QED) is 0.819. The van der Waals surface area contributed by atoms with E-state index >= 15 is 0 Å². The summed E-state index contributed by atoms with van der Waals surface area (Å²) in [6.45, 7) is 6.00. The topological polar surface area (TPSA) is 50.1 Å². The Morgan fingerprint density at radius 1 is 1.53 bits per heavy atom. The summed E-state index contributed by atoms with van der Waals surface area (Å²) in [7, 11) is 0. The predicted octanol–water partition coefficient (Wildman–Crippen LogP) is 1.71. The van der Waals surface area contributed by atoms with Gasteiger partial charge in [-0.25, -0.2) is 0 Å². The van der Waals surface area contributed by atoms with Crippen molar-refractivity contribution in [3.05, 3.63) is 18.0 Å². The normalized spacial score (nSPS) is 24.7. The monoisotopic (exact) mass is 237 g/mol. The van der Waals surface area contributed by atoms with E-state index in [4.69, 9.17) is 0 Å². The first-order valence-electron chi connectivity index (χ1n) is 6.58. The summed E-state index contributed by atoms with van der Waals surface area (Å²) in [5, 5.41) is 17.4. The van der Waals surface area contributed by atoms with Crippen LogP contribution in [-0.2, 0) is 6.54 Å². The molecular weight excluding hydrogens is 214 g/mol. The van der Waals surface area contributed by atoms with Crippen molar-refractivity contribution in [2.75, 3.05) is 6.54 Å². The van der Waals surface area contributed by atoms with Crippen LogP contribution in [0.25, 0.3) is 0 Å². The van der Waals surface area contributed by atoms with Crippen LogP contribution in [-0.4, -0.2) is 27.5 Å². The maximum absolute atomic E-state index is 9.71. The highest BCUT2D eigenvalue weighted by Gasteiger charge is 2.24. The van der Waals surface area contributed by atoms with E-state index in [2.05, 4.69) is 30.5 Å². The van der Waals surface area contributed by atoms with Crippen molar-refractivity contribution in [2.24, 2.45) is 5.92 Å². The fourth-order valence-corrected chi connectivity index (χ4v) is 2.41. The molecule has 17 heavy (non-hydrogen) atoms. The van der Waals surface area contributed by atoms with Crippen LogP contribution in [0.3, 0.4) is 0 Å². The summed E-state index contributed by atoms with van der Waals surface area (Å²) in [4.78, 5) is 0. The fourth-order valence-electron chi connectivity index (χ4n) is 2.41. The molecule has 0 amide bonds. The van der Waals surface area contributed by atoms with Gasteiger partial charge in [0.15, 0.2) is 0 Å². The number of rotatable bonds is 5. The second-order valence-electron chi connectivity index (χ2n) is 5.31.